The lowest BCUT2D eigenvalue weighted by atomic mass is 9.84. The van der Waals surface area contributed by atoms with Crippen molar-refractivity contribution in [3.63, 3.8) is 0 Å². The summed E-state index contributed by atoms with van der Waals surface area (Å²) in [7, 11) is 0. The number of hydrogen-bond acceptors (Lipinski definition) is 2. The number of thiophene rings is 2. The highest BCUT2D eigenvalue weighted by Crippen LogP contribution is 2.44. The third-order valence-electron chi connectivity index (χ3n) is 7.38. The molecule has 38 heavy (non-hydrogen) atoms. The molecule has 0 amide bonds. The van der Waals surface area contributed by atoms with E-state index >= 15 is 0 Å². The fourth-order valence-corrected chi connectivity index (χ4v) is 6.91. The highest BCUT2D eigenvalue weighted by molar-refractivity contribution is 7.08. The van der Waals surface area contributed by atoms with E-state index in [0.29, 0.717) is 0 Å². The summed E-state index contributed by atoms with van der Waals surface area (Å²) in [5.41, 5.74) is 4.30. The van der Waals surface area contributed by atoms with E-state index in [1.807, 2.05) is 0 Å². The van der Waals surface area contributed by atoms with E-state index in [0.717, 1.165) is 22.3 Å². The molecule has 0 radical (unpaired) electrons. The van der Waals surface area contributed by atoms with Crippen molar-refractivity contribution in [2.24, 2.45) is 0 Å². The van der Waals surface area contributed by atoms with Crippen LogP contribution in [0.15, 0.2) is 106 Å². The van der Waals surface area contributed by atoms with Crippen LogP contribution in [-0.4, -0.2) is 0 Å². The van der Waals surface area contributed by atoms with Gasteiger partial charge in [0, 0.05) is 33.0 Å². The number of hydrogen-bond donors (Lipinski definition) is 0. The van der Waals surface area contributed by atoms with E-state index < -0.39 is 0 Å². The van der Waals surface area contributed by atoms with Gasteiger partial charge in [0.2, 0.25) is 0 Å². The quantitative estimate of drug-likeness (QED) is 0.107. The standard InChI is InChI=1S/C36H18S2/c1-3-7-27-25(5-1)29(11-9-23-17-19-37-21-23)33-15-14-32-28-8-4-2-6-26(28)30(12-10-24-18-20-38-22-24)34-16-13-31(27)35(33)36(32)34/h1-8,13-22H. The van der Waals surface area contributed by atoms with Gasteiger partial charge in [-0.3, -0.25) is 0 Å². The van der Waals surface area contributed by atoms with Crippen LogP contribution < -0.4 is 0 Å². The molecule has 2 aromatic heterocycles. The minimum Gasteiger partial charge on any atom is -0.151 e. The summed E-state index contributed by atoms with van der Waals surface area (Å²) >= 11 is 3.36. The zero-order valence-corrected chi connectivity index (χ0v) is 21.8. The second kappa shape index (κ2) is 8.47. The predicted octanol–water partition coefficient (Wildman–Crippen LogP) is 9.81. The molecule has 2 heterocycles. The first-order valence-electron chi connectivity index (χ1n) is 12.5. The first kappa shape index (κ1) is 21.5. The van der Waals surface area contributed by atoms with E-state index in [1.165, 1.54) is 53.9 Å². The van der Waals surface area contributed by atoms with Gasteiger partial charge in [0.15, 0.2) is 0 Å². The summed E-state index contributed by atoms with van der Waals surface area (Å²) in [6.45, 7) is 0. The Morgan fingerprint density at radius 1 is 0.368 bits per heavy atom. The van der Waals surface area contributed by atoms with Crippen molar-refractivity contribution in [1.29, 1.82) is 0 Å². The van der Waals surface area contributed by atoms with Gasteiger partial charge in [-0.25, -0.2) is 0 Å². The van der Waals surface area contributed by atoms with Crippen LogP contribution in [0.5, 0.6) is 0 Å². The SMILES string of the molecule is C(#Cc1c2ccccc2c2ccc3c(C#Cc4ccsc4)c4ccccc4c4ccc1c2c34)c1ccsc1. The third kappa shape index (κ3) is 3.19. The van der Waals surface area contributed by atoms with Crippen LogP contribution >= 0.6 is 22.7 Å². The van der Waals surface area contributed by atoms with Crippen LogP contribution in [0.4, 0.5) is 0 Å². The third-order valence-corrected chi connectivity index (χ3v) is 8.75. The molecular formula is C36H18S2. The molecule has 0 atom stereocenters. The molecule has 2 heteroatoms. The van der Waals surface area contributed by atoms with Crippen LogP contribution in [0.1, 0.15) is 22.3 Å². The van der Waals surface area contributed by atoms with Crippen LogP contribution in [0.25, 0.3) is 53.9 Å². The molecule has 8 aromatic rings. The van der Waals surface area contributed by atoms with Gasteiger partial charge in [-0.1, -0.05) is 96.5 Å². The van der Waals surface area contributed by atoms with Crippen LogP contribution in [0.2, 0.25) is 0 Å². The number of rotatable bonds is 0. The molecule has 0 aliphatic rings. The molecule has 174 valence electrons. The first-order valence-corrected chi connectivity index (χ1v) is 14.4. The van der Waals surface area contributed by atoms with E-state index in [2.05, 4.69) is 130 Å². The van der Waals surface area contributed by atoms with Crippen molar-refractivity contribution in [2.45, 2.75) is 0 Å². The van der Waals surface area contributed by atoms with Crippen LogP contribution in [0, 0.1) is 23.7 Å². The molecule has 0 unspecified atom stereocenters. The molecule has 0 N–H and O–H groups in total. The van der Waals surface area contributed by atoms with Gasteiger partial charge >= 0.3 is 0 Å². The van der Waals surface area contributed by atoms with Crippen LogP contribution in [-0.2, 0) is 0 Å². The lowest BCUT2D eigenvalue weighted by Crippen LogP contribution is -1.93. The zero-order chi connectivity index (χ0) is 25.1. The monoisotopic (exact) mass is 514 g/mol. The Kier molecular flexibility index (Phi) is 4.79. The van der Waals surface area contributed by atoms with Gasteiger partial charge in [-0.15, -0.1) is 0 Å². The van der Waals surface area contributed by atoms with Gasteiger partial charge in [-0.05, 0) is 76.8 Å². The summed E-state index contributed by atoms with van der Waals surface area (Å²) in [5.74, 6) is 14.0. The van der Waals surface area contributed by atoms with E-state index in [9.17, 15) is 0 Å². The van der Waals surface area contributed by atoms with E-state index in [1.54, 1.807) is 22.7 Å². The van der Waals surface area contributed by atoms with Crippen molar-refractivity contribution < 1.29 is 0 Å². The molecule has 0 fully saturated rings. The maximum absolute atomic E-state index is 3.57. The molecule has 0 aliphatic carbocycles. The average molecular weight is 515 g/mol. The Morgan fingerprint density at radius 3 is 1.21 bits per heavy atom. The Bertz CT molecular complexity index is 2110. The smallest absolute Gasteiger partial charge is 0.0406 e. The van der Waals surface area contributed by atoms with Gasteiger partial charge in [0.1, 0.15) is 0 Å². The maximum Gasteiger partial charge on any atom is 0.0406 e. The van der Waals surface area contributed by atoms with Gasteiger partial charge in [-0.2, -0.15) is 22.7 Å². The average Bonchev–Trinajstić information content (AvgIpc) is 3.69. The zero-order valence-electron chi connectivity index (χ0n) is 20.2. The van der Waals surface area contributed by atoms with Crippen molar-refractivity contribution in [2.75, 3.05) is 0 Å². The topological polar surface area (TPSA) is 0 Å². The molecule has 0 nitrogen and oxygen atoms in total. The van der Waals surface area contributed by atoms with E-state index in [4.69, 9.17) is 0 Å². The Labute approximate surface area is 228 Å². The van der Waals surface area contributed by atoms with Gasteiger partial charge in [0.05, 0.1) is 0 Å². The van der Waals surface area contributed by atoms with Crippen molar-refractivity contribution in [3.8, 4) is 23.7 Å². The minimum absolute atomic E-state index is 1.06. The highest BCUT2D eigenvalue weighted by atomic mass is 32.1. The van der Waals surface area contributed by atoms with Gasteiger partial charge < -0.3 is 0 Å². The van der Waals surface area contributed by atoms with Crippen molar-refractivity contribution in [3.05, 3.63) is 129 Å². The molecule has 6 aromatic carbocycles. The highest BCUT2D eigenvalue weighted by Gasteiger charge is 2.18. The Hall–Kier alpha value is -4.60. The van der Waals surface area contributed by atoms with Crippen LogP contribution in [0.3, 0.4) is 0 Å². The van der Waals surface area contributed by atoms with Crippen molar-refractivity contribution in [1.82, 2.24) is 0 Å². The van der Waals surface area contributed by atoms with Crippen molar-refractivity contribution >= 4 is 76.5 Å². The number of fused-ring (bicyclic) bond motifs is 4. The summed E-state index contributed by atoms with van der Waals surface area (Å²) in [6.07, 6.45) is 0. The maximum atomic E-state index is 3.57. The summed E-state index contributed by atoms with van der Waals surface area (Å²) in [6, 6.07) is 30.6. The Balaban J connectivity index is 1.57. The lowest BCUT2D eigenvalue weighted by Gasteiger charge is -2.18. The molecule has 0 saturated carbocycles. The fourth-order valence-electron chi connectivity index (χ4n) is 5.73. The summed E-state index contributed by atoms with van der Waals surface area (Å²) in [5, 5.41) is 20.7. The number of benzene rings is 6. The molecular weight excluding hydrogens is 497 g/mol. The summed E-state index contributed by atoms with van der Waals surface area (Å²) < 4.78 is 0. The molecule has 0 saturated heterocycles. The molecule has 0 bridgehead atoms. The lowest BCUT2D eigenvalue weighted by molar-refractivity contribution is 1.74. The predicted molar refractivity (Wildman–Crippen MR) is 166 cm³/mol. The van der Waals surface area contributed by atoms with E-state index in [-0.39, 0.29) is 0 Å². The second-order valence-electron chi connectivity index (χ2n) is 9.44. The largest absolute Gasteiger partial charge is 0.151 e. The normalized spacial score (nSPS) is 11.3. The molecule has 0 spiro atoms. The Morgan fingerprint density at radius 2 is 0.789 bits per heavy atom. The first-order chi connectivity index (χ1) is 18.9. The minimum atomic E-state index is 1.06. The second-order valence-corrected chi connectivity index (χ2v) is 11.0. The molecule has 8 rings (SSSR count). The summed E-state index contributed by atoms with van der Waals surface area (Å²) in [4.78, 5) is 0. The fraction of sp³-hybridized carbons (Fsp3) is 0. The van der Waals surface area contributed by atoms with Gasteiger partial charge in [0.25, 0.3) is 0 Å². The molecule has 0 aliphatic heterocycles.